The smallest absolute Gasteiger partial charge is 0.300 e. The zero-order valence-corrected chi connectivity index (χ0v) is 20.0. The van der Waals surface area contributed by atoms with Crippen molar-refractivity contribution in [2.45, 2.75) is 13.0 Å². The van der Waals surface area contributed by atoms with Crippen molar-refractivity contribution >= 4 is 46.3 Å². The first kappa shape index (κ1) is 23.1. The van der Waals surface area contributed by atoms with E-state index in [-0.39, 0.29) is 28.7 Å². The van der Waals surface area contributed by atoms with Gasteiger partial charge in [0.05, 0.1) is 28.3 Å². The number of rotatable bonds is 5. The molecule has 1 atom stereocenters. The van der Waals surface area contributed by atoms with Crippen molar-refractivity contribution in [2.24, 2.45) is 0 Å². The standard InChI is InChI=1S/C26H19Cl2NO6/c1-2-33-17-5-3-4-14(10-17)23-22(24(30)15-6-8-18(27)19(28)11-15)25(31)26(32)29(23)16-7-9-20-21(12-16)35-13-34-20/h3-12,23,30H,2,13H2,1H3/b24-22+. The van der Waals surface area contributed by atoms with Crippen LogP contribution in [-0.4, -0.2) is 30.2 Å². The lowest BCUT2D eigenvalue weighted by Gasteiger charge is -2.26. The second-order valence-electron chi connectivity index (χ2n) is 7.84. The van der Waals surface area contributed by atoms with Gasteiger partial charge in [0.15, 0.2) is 11.5 Å². The van der Waals surface area contributed by atoms with Gasteiger partial charge >= 0.3 is 0 Å². The number of Topliss-reactive ketones (excluding diaryl/α,β-unsaturated/α-hetero) is 1. The molecule has 0 radical (unpaired) electrons. The number of ether oxygens (including phenoxy) is 3. The van der Waals surface area contributed by atoms with Crippen LogP contribution in [0.5, 0.6) is 17.2 Å². The molecule has 3 aromatic rings. The summed E-state index contributed by atoms with van der Waals surface area (Å²) >= 11 is 12.2. The summed E-state index contributed by atoms with van der Waals surface area (Å²) < 4.78 is 16.5. The van der Waals surface area contributed by atoms with Crippen LogP contribution in [0.2, 0.25) is 10.0 Å². The quantitative estimate of drug-likeness (QED) is 0.266. The van der Waals surface area contributed by atoms with Gasteiger partial charge < -0.3 is 19.3 Å². The molecule has 1 amide bonds. The van der Waals surface area contributed by atoms with E-state index in [0.29, 0.717) is 40.1 Å². The predicted molar refractivity (Wildman–Crippen MR) is 131 cm³/mol. The Hall–Kier alpha value is -3.68. The Balaban J connectivity index is 1.71. The first-order valence-electron chi connectivity index (χ1n) is 10.8. The Kier molecular flexibility index (Phi) is 6.05. The summed E-state index contributed by atoms with van der Waals surface area (Å²) in [6.07, 6.45) is 0. The average molecular weight is 512 g/mol. The molecular weight excluding hydrogens is 493 g/mol. The molecule has 9 heteroatoms. The molecule has 7 nitrogen and oxygen atoms in total. The maximum absolute atomic E-state index is 13.3. The van der Waals surface area contributed by atoms with Crippen molar-refractivity contribution in [2.75, 3.05) is 18.3 Å². The first-order valence-corrected chi connectivity index (χ1v) is 11.5. The Morgan fingerprint density at radius 3 is 2.60 bits per heavy atom. The van der Waals surface area contributed by atoms with Gasteiger partial charge in [0.25, 0.3) is 11.7 Å². The second kappa shape index (κ2) is 9.17. The van der Waals surface area contributed by atoms with Crippen LogP contribution < -0.4 is 19.1 Å². The highest BCUT2D eigenvalue weighted by molar-refractivity contribution is 6.51. The van der Waals surface area contributed by atoms with E-state index < -0.39 is 17.7 Å². The molecule has 0 aliphatic carbocycles. The molecule has 1 fully saturated rings. The Labute approximate surface area is 211 Å². The maximum atomic E-state index is 13.3. The monoisotopic (exact) mass is 511 g/mol. The predicted octanol–water partition coefficient (Wildman–Crippen LogP) is 5.75. The van der Waals surface area contributed by atoms with Crippen LogP contribution in [0.25, 0.3) is 5.76 Å². The molecule has 178 valence electrons. The fourth-order valence-corrected chi connectivity index (χ4v) is 4.49. The molecule has 1 unspecified atom stereocenters. The molecular formula is C26H19Cl2NO6. The van der Waals surface area contributed by atoms with Gasteiger partial charge in [-0.15, -0.1) is 0 Å². The zero-order valence-electron chi connectivity index (χ0n) is 18.5. The second-order valence-corrected chi connectivity index (χ2v) is 8.66. The molecule has 2 heterocycles. The number of amides is 1. The number of anilines is 1. The molecule has 1 N–H and O–H groups in total. The van der Waals surface area contributed by atoms with Gasteiger partial charge in [-0.3, -0.25) is 14.5 Å². The summed E-state index contributed by atoms with van der Waals surface area (Å²) in [5, 5.41) is 11.8. The molecule has 0 saturated carbocycles. The van der Waals surface area contributed by atoms with Crippen LogP contribution in [0.1, 0.15) is 24.1 Å². The van der Waals surface area contributed by atoms with E-state index in [1.54, 1.807) is 42.5 Å². The van der Waals surface area contributed by atoms with Crippen LogP contribution in [-0.2, 0) is 9.59 Å². The van der Waals surface area contributed by atoms with Gasteiger partial charge in [-0.2, -0.15) is 0 Å². The summed E-state index contributed by atoms with van der Waals surface area (Å²) in [5.41, 5.74) is 1.17. The third kappa shape index (κ3) is 4.07. The van der Waals surface area contributed by atoms with Gasteiger partial charge in [0.1, 0.15) is 11.5 Å². The Morgan fingerprint density at radius 1 is 1.03 bits per heavy atom. The van der Waals surface area contributed by atoms with Crippen molar-refractivity contribution in [3.63, 3.8) is 0 Å². The van der Waals surface area contributed by atoms with Crippen molar-refractivity contribution in [3.05, 3.63) is 87.4 Å². The van der Waals surface area contributed by atoms with Crippen molar-refractivity contribution in [3.8, 4) is 17.2 Å². The molecule has 5 rings (SSSR count). The number of ketones is 1. The normalized spacial score (nSPS) is 18.3. The van der Waals surface area contributed by atoms with Gasteiger partial charge in [-0.25, -0.2) is 0 Å². The average Bonchev–Trinajstić information content (AvgIpc) is 3.42. The minimum absolute atomic E-state index is 0.0642. The third-order valence-corrected chi connectivity index (χ3v) is 6.50. The number of benzene rings is 3. The fraction of sp³-hybridized carbons (Fsp3) is 0.154. The molecule has 0 aromatic heterocycles. The number of hydrogen-bond donors (Lipinski definition) is 1. The van der Waals surface area contributed by atoms with E-state index in [1.807, 2.05) is 6.92 Å². The lowest BCUT2D eigenvalue weighted by atomic mass is 9.95. The highest BCUT2D eigenvalue weighted by atomic mass is 35.5. The van der Waals surface area contributed by atoms with E-state index in [0.717, 1.165) is 0 Å². The van der Waals surface area contributed by atoms with Gasteiger partial charge in [0, 0.05) is 17.3 Å². The third-order valence-electron chi connectivity index (χ3n) is 5.76. The number of carbonyl (C=O) groups excluding carboxylic acids is 2. The van der Waals surface area contributed by atoms with Crippen molar-refractivity contribution < 1.29 is 28.9 Å². The van der Waals surface area contributed by atoms with Gasteiger partial charge in [-0.05, 0) is 55.0 Å². The largest absolute Gasteiger partial charge is 0.507 e. The van der Waals surface area contributed by atoms with Gasteiger partial charge in [0.2, 0.25) is 6.79 Å². The number of nitrogens with zero attached hydrogens (tertiary/aromatic N) is 1. The highest BCUT2D eigenvalue weighted by Gasteiger charge is 2.47. The highest BCUT2D eigenvalue weighted by Crippen LogP contribution is 2.45. The molecule has 2 aliphatic rings. The molecule has 3 aromatic carbocycles. The van der Waals surface area contributed by atoms with Gasteiger partial charge in [-0.1, -0.05) is 35.3 Å². The first-order chi connectivity index (χ1) is 16.9. The van der Waals surface area contributed by atoms with Crippen LogP contribution in [0.4, 0.5) is 5.69 Å². The topological polar surface area (TPSA) is 85.3 Å². The minimum atomic E-state index is -0.940. The summed E-state index contributed by atoms with van der Waals surface area (Å²) in [6.45, 7) is 2.36. The van der Waals surface area contributed by atoms with Crippen molar-refractivity contribution in [1.29, 1.82) is 0 Å². The van der Waals surface area contributed by atoms with Crippen LogP contribution in [0.3, 0.4) is 0 Å². The van der Waals surface area contributed by atoms with Crippen LogP contribution in [0.15, 0.2) is 66.2 Å². The van der Waals surface area contributed by atoms with E-state index in [2.05, 4.69) is 0 Å². The number of aliphatic hydroxyl groups is 1. The summed E-state index contributed by atoms with van der Waals surface area (Å²) in [4.78, 5) is 28.0. The Bertz CT molecular complexity index is 1390. The molecule has 0 spiro atoms. The number of hydrogen-bond acceptors (Lipinski definition) is 6. The van der Waals surface area contributed by atoms with Crippen LogP contribution >= 0.6 is 23.2 Å². The molecule has 0 bridgehead atoms. The lowest BCUT2D eigenvalue weighted by molar-refractivity contribution is -0.132. The lowest BCUT2D eigenvalue weighted by Crippen LogP contribution is -2.29. The van der Waals surface area contributed by atoms with E-state index in [1.165, 1.54) is 23.1 Å². The fourth-order valence-electron chi connectivity index (χ4n) is 4.19. The number of halogens is 2. The molecule has 1 saturated heterocycles. The summed E-state index contributed by atoms with van der Waals surface area (Å²) in [5.74, 6) is -0.435. The number of carbonyl (C=O) groups is 2. The minimum Gasteiger partial charge on any atom is -0.507 e. The van der Waals surface area contributed by atoms with Crippen LogP contribution in [0, 0.1) is 0 Å². The van der Waals surface area contributed by atoms with Crippen molar-refractivity contribution in [1.82, 2.24) is 0 Å². The Morgan fingerprint density at radius 2 is 1.83 bits per heavy atom. The zero-order chi connectivity index (χ0) is 24.7. The van der Waals surface area contributed by atoms with E-state index >= 15 is 0 Å². The molecule has 35 heavy (non-hydrogen) atoms. The summed E-state index contributed by atoms with van der Waals surface area (Å²) in [7, 11) is 0. The SMILES string of the molecule is CCOc1cccc(C2/C(=C(\O)c3ccc(Cl)c(Cl)c3)C(=O)C(=O)N2c2ccc3c(c2)OCO3)c1. The maximum Gasteiger partial charge on any atom is 0.300 e. The van der Waals surface area contributed by atoms with E-state index in [4.69, 9.17) is 37.4 Å². The number of fused-ring (bicyclic) bond motifs is 1. The summed E-state index contributed by atoms with van der Waals surface area (Å²) in [6, 6.07) is 15.6. The van der Waals surface area contributed by atoms with E-state index in [9.17, 15) is 14.7 Å². The number of aliphatic hydroxyl groups excluding tert-OH is 1. The molecule has 2 aliphatic heterocycles.